The Morgan fingerprint density at radius 3 is 2.19 bits per heavy atom. The molecule has 0 aliphatic heterocycles. The van der Waals surface area contributed by atoms with E-state index in [4.69, 9.17) is 0 Å². The summed E-state index contributed by atoms with van der Waals surface area (Å²) in [7, 11) is -1.08. The maximum absolute atomic E-state index is 13.9. The van der Waals surface area contributed by atoms with Crippen molar-refractivity contribution in [1.82, 2.24) is 14.5 Å². The molecule has 2 aromatic carbocycles. The van der Waals surface area contributed by atoms with E-state index >= 15 is 0 Å². The van der Waals surface area contributed by atoms with Gasteiger partial charge in [-0.15, -0.1) is 0 Å². The van der Waals surface area contributed by atoms with Crippen molar-refractivity contribution < 1.29 is 18.0 Å². The van der Waals surface area contributed by atoms with Crippen LogP contribution in [0.1, 0.15) is 56.6 Å². The zero-order chi connectivity index (χ0) is 27.0. The lowest BCUT2D eigenvalue weighted by Crippen LogP contribution is -2.54. The lowest BCUT2D eigenvalue weighted by molar-refractivity contribution is -0.140. The minimum absolute atomic E-state index is 0.112. The SMILES string of the molecule is CCC(C(=O)NC1CCCCC1)N(Cc1ccccc1C)C(=O)CN(c1ccccc1)S(=O)(=O)N(C)C. The first kappa shape index (κ1) is 28.7. The predicted octanol–water partition coefficient (Wildman–Crippen LogP) is 3.86. The molecule has 0 saturated heterocycles. The van der Waals surface area contributed by atoms with E-state index in [1.807, 2.05) is 38.1 Å². The van der Waals surface area contributed by atoms with Gasteiger partial charge >= 0.3 is 10.2 Å². The van der Waals surface area contributed by atoms with Gasteiger partial charge in [0.15, 0.2) is 0 Å². The third kappa shape index (κ3) is 7.32. The van der Waals surface area contributed by atoms with Crippen LogP contribution < -0.4 is 9.62 Å². The highest BCUT2D eigenvalue weighted by molar-refractivity contribution is 7.90. The highest BCUT2D eigenvalue weighted by Crippen LogP contribution is 2.22. The molecule has 9 heteroatoms. The molecule has 8 nitrogen and oxygen atoms in total. The van der Waals surface area contributed by atoms with E-state index in [1.54, 1.807) is 35.2 Å². The number of hydrogen-bond donors (Lipinski definition) is 1. The van der Waals surface area contributed by atoms with E-state index < -0.39 is 28.7 Å². The number of carbonyl (C=O) groups is 2. The Balaban J connectivity index is 1.95. The molecule has 1 aliphatic rings. The van der Waals surface area contributed by atoms with Crippen LogP contribution in [0.2, 0.25) is 0 Å². The maximum atomic E-state index is 13.9. The van der Waals surface area contributed by atoms with Crippen molar-refractivity contribution in [3.05, 3.63) is 65.7 Å². The number of carbonyl (C=O) groups excluding carboxylic acids is 2. The van der Waals surface area contributed by atoms with E-state index in [2.05, 4.69) is 5.32 Å². The Morgan fingerprint density at radius 1 is 0.973 bits per heavy atom. The lowest BCUT2D eigenvalue weighted by atomic mass is 9.95. The second-order valence-electron chi connectivity index (χ2n) is 9.85. The number of hydrogen-bond acceptors (Lipinski definition) is 4. The van der Waals surface area contributed by atoms with Crippen molar-refractivity contribution >= 4 is 27.7 Å². The fourth-order valence-electron chi connectivity index (χ4n) is 4.75. The van der Waals surface area contributed by atoms with Gasteiger partial charge < -0.3 is 10.2 Å². The molecule has 0 bridgehead atoms. The summed E-state index contributed by atoms with van der Waals surface area (Å²) in [6.07, 6.45) is 5.65. The monoisotopic (exact) mass is 528 g/mol. The molecule has 0 spiro atoms. The summed E-state index contributed by atoms with van der Waals surface area (Å²) >= 11 is 0. The predicted molar refractivity (Wildman–Crippen MR) is 147 cm³/mol. The minimum Gasteiger partial charge on any atom is -0.352 e. The molecule has 2 aromatic rings. The average Bonchev–Trinajstić information content (AvgIpc) is 2.89. The molecule has 1 atom stereocenters. The zero-order valence-corrected chi connectivity index (χ0v) is 23.2. The fraction of sp³-hybridized carbons (Fsp3) is 0.500. The summed E-state index contributed by atoms with van der Waals surface area (Å²) < 4.78 is 28.7. The number of rotatable bonds is 11. The Bertz CT molecular complexity index is 1150. The average molecular weight is 529 g/mol. The van der Waals surface area contributed by atoms with Gasteiger partial charge in [-0.25, -0.2) is 4.31 Å². The second kappa shape index (κ2) is 13.1. The summed E-state index contributed by atoms with van der Waals surface area (Å²) in [5, 5.41) is 3.17. The van der Waals surface area contributed by atoms with Gasteiger partial charge in [0.05, 0.1) is 5.69 Å². The quantitative estimate of drug-likeness (QED) is 0.480. The third-order valence-corrected chi connectivity index (χ3v) is 8.82. The van der Waals surface area contributed by atoms with Crippen LogP contribution in [-0.4, -0.2) is 62.2 Å². The molecule has 1 fully saturated rings. The van der Waals surface area contributed by atoms with Crippen molar-refractivity contribution in [3.8, 4) is 0 Å². The minimum atomic E-state index is -3.96. The van der Waals surface area contributed by atoms with Crippen LogP contribution >= 0.6 is 0 Å². The fourth-order valence-corrected chi connectivity index (χ4v) is 5.80. The van der Waals surface area contributed by atoms with Crippen molar-refractivity contribution in [2.24, 2.45) is 0 Å². The maximum Gasteiger partial charge on any atom is 0.304 e. The Hall–Kier alpha value is -2.91. The lowest BCUT2D eigenvalue weighted by Gasteiger charge is -2.35. The van der Waals surface area contributed by atoms with Gasteiger partial charge in [-0.05, 0) is 49.4 Å². The Labute approximate surface area is 221 Å². The molecule has 3 rings (SSSR count). The van der Waals surface area contributed by atoms with Gasteiger partial charge in [-0.1, -0.05) is 68.7 Å². The normalized spacial score (nSPS) is 15.3. The number of amides is 2. The zero-order valence-electron chi connectivity index (χ0n) is 22.4. The summed E-state index contributed by atoms with van der Waals surface area (Å²) in [5.74, 6) is -0.610. The van der Waals surface area contributed by atoms with Gasteiger partial charge in [-0.3, -0.25) is 9.59 Å². The number of para-hydroxylation sites is 1. The molecular formula is C28H40N4O4S. The van der Waals surface area contributed by atoms with Crippen molar-refractivity contribution in [2.45, 2.75) is 71.0 Å². The first-order valence-electron chi connectivity index (χ1n) is 13.0. The molecule has 0 aromatic heterocycles. The van der Waals surface area contributed by atoms with Crippen LogP contribution in [0.15, 0.2) is 54.6 Å². The van der Waals surface area contributed by atoms with Gasteiger partial charge in [0.1, 0.15) is 12.6 Å². The number of nitrogens with one attached hydrogen (secondary N) is 1. The molecule has 1 N–H and O–H groups in total. The first-order chi connectivity index (χ1) is 17.6. The van der Waals surface area contributed by atoms with Crippen molar-refractivity contribution in [1.29, 1.82) is 0 Å². The molecule has 1 aliphatic carbocycles. The molecule has 202 valence electrons. The van der Waals surface area contributed by atoms with Crippen LogP contribution in [0.5, 0.6) is 0 Å². The van der Waals surface area contributed by atoms with Crippen LogP contribution in [0, 0.1) is 6.92 Å². The number of benzene rings is 2. The van der Waals surface area contributed by atoms with Crippen LogP contribution in [-0.2, 0) is 26.3 Å². The van der Waals surface area contributed by atoms with Gasteiger partial charge in [-0.2, -0.15) is 12.7 Å². The van der Waals surface area contributed by atoms with Gasteiger partial charge in [0.2, 0.25) is 11.8 Å². The highest BCUT2D eigenvalue weighted by Gasteiger charge is 2.34. The van der Waals surface area contributed by atoms with Gasteiger partial charge in [0.25, 0.3) is 0 Å². The smallest absolute Gasteiger partial charge is 0.304 e. The topological polar surface area (TPSA) is 90.0 Å². The molecule has 0 radical (unpaired) electrons. The molecular weight excluding hydrogens is 488 g/mol. The van der Waals surface area contributed by atoms with E-state index in [9.17, 15) is 18.0 Å². The molecule has 1 saturated carbocycles. The summed E-state index contributed by atoms with van der Waals surface area (Å²) in [4.78, 5) is 29.0. The van der Waals surface area contributed by atoms with Crippen molar-refractivity contribution in [3.63, 3.8) is 0 Å². The van der Waals surface area contributed by atoms with E-state index in [1.165, 1.54) is 20.5 Å². The third-order valence-electron chi connectivity index (χ3n) is 7.00. The number of anilines is 1. The molecule has 37 heavy (non-hydrogen) atoms. The second-order valence-corrected chi connectivity index (χ2v) is 11.9. The summed E-state index contributed by atoms with van der Waals surface area (Å²) in [5.41, 5.74) is 2.31. The number of aryl methyl sites for hydroxylation is 1. The van der Waals surface area contributed by atoms with E-state index in [0.29, 0.717) is 12.1 Å². The van der Waals surface area contributed by atoms with Crippen molar-refractivity contribution in [2.75, 3.05) is 24.9 Å². The highest BCUT2D eigenvalue weighted by atomic mass is 32.2. The summed E-state index contributed by atoms with van der Waals surface area (Å²) in [6.45, 7) is 3.65. The standard InChI is InChI=1S/C28H40N4O4S/c1-5-26(28(34)29-24-16-8-6-9-17-24)31(20-23-15-13-12-14-22(23)2)27(33)21-32(37(35,36)30(3)4)25-18-10-7-11-19-25/h7,10-15,18-19,24,26H,5-6,8-9,16-17,20-21H2,1-4H3,(H,29,34). The Kier molecular flexibility index (Phi) is 10.1. The molecule has 0 heterocycles. The molecule has 2 amide bonds. The van der Waals surface area contributed by atoms with Crippen LogP contribution in [0.4, 0.5) is 5.69 Å². The van der Waals surface area contributed by atoms with Crippen LogP contribution in [0.25, 0.3) is 0 Å². The van der Waals surface area contributed by atoms with Gasteiger partial charge in [0, 0.05) is 26.7 Å². The number of nitrogens with zero attached hydrogens (tertiary/aromatic N) is 3. The first-order valence-corrected chi connectivity index (χ1v) is 14.4. The Morgan fingerprint density at radius 2 is 1.59 bits per heavy atom. The van der Waals surface area contributed by atoms with Crippen LogP contribution in [0.3, 0.4) is 0 Å². The van der Waals surface area contributed by atoms with E-state index in [0.717, 1.165) is 45.4 Å². The molecule has 1 unspecified atom stereocenters. The largest absolute Gasteiger partial charge is 0.352 e. The van der Waals surface area contributed by atoms with E-state index in [-0.39, 0.29) is 18.5 Å². The summed E-state index contributed by atoms with van der Waals surface area (Å²) in [6, 6.07) is 15.7.